The third-order valence-corrected chi connectivity index (χ3v) is 6.38. The Labute approximate surface area is 183 Å². The highest BCUT2D eigenvalue weighted by molar-refractivity contribution is 7.21. The lowest BCUT2D eigenvalue weighted by molar-refractivity contribution is 0.0693. The largest absolute Gasteiger partial charge is 0.478 e. The molecule has 0 atom stereocenters. The Bertz CT molecular complexity index is 1200. The molecule has 0 unspecified atom stereocenters. The minimum absolute atomic E-state index is 0.0848. The molecule has 0 spiro atoms. The van der Waals surface area contributed by atoms with Gasteiger partial charge in [-0.15, -0.1) is 11.3 Å². The van der Waals surface area contributed by atoms with Crippen molar-refractivity contribution in [1.29, 1.82) is 0 Å². The fraction of sp³-hybridized carbons (Fsp3) is 0.0833. The van der Waals surface area contributed by atoms with Gasteiger partial charge in [0.25, 0.3) is 5.91 Å². The number of fused-ring (bicyclic) bond motifs is 1. The quantitative estimate of drug-likeness (QED) is 0.398. The van der Waals surface area contributed by atoms with E-state index >= 15 is 0 Å². The fourth-order valence-corrected chi connectivity index (χ4v) is 4.60. The van der Waals surface area contributed by atoms with Crippen molar-refractivity contribution >= 4 is 44.9 Å². The zero-order chi connectivity index (χ0) is 21.1. The molecule has 0 bridgehead atoms. The normalized spacial score (nSPS) is 10.8. The fourth-order valence-electron chi connectivity index (χ4n) is 3.27. The van der Waals surface area contributed by atoms with Gasteiger partial charge in [0, 0.05) is 13.1 Å². The minimum atomic E-state index is -0.971. The van der Waals surface area contributed by atoms with E-state index in [1.54, 1.807) is 29.2 Å². The first-order valence-electron chi connectivity index (χ1n) is 9.35. The van der Waals surface area contributed by atoms with Crippen LogP contribution in [0.5, 0.6) is 0 Å². The van der Waals surface area contributed by atoms with Crippen LogP contribution in [0.1, 0.15) is 31.2 Å². The minimum Gasteiger partial charge on any atom is -0.478 e. The lowest BCUT2D eigenvalue weighted by Crippen LogP contribution is -2.29. The predicted molar refractivity (Wildman–Crippen MR) is 120 cm³/mol. The molecule has 0 aliphatic carbocycles. The Morgan fingerprint density at radius 2 is 1.53 bits per heavy atom. The first kappa shape index (κ1) is 20.1. The maximum Gasteiger partial charge on any atom is 0.335 e. The van der Waals surface area contributed by atoms with Crippen molar-refractivity contribution in [3.05, 3.63) is 105 Å². The van der Waals surface area contributed by atoms with E-state index < -0.39 is 5.97 Å². The molecule has 0 saturated heterocycles. The molecule has 1 amide bonds. The van der Waals surface area contributed by atoms with Crippen molar-refractivity contribution in [2.75, 3.05) is 0 Å². The van der Waals surface area contributed by atoms with Gasteiger partial charge in [0.1, 0.15) is 0 Å². The van der Waals surface area contributed by atoms with Crippen LogP contribution >= 0.6 is 22.9 Å². The Hall–Kier alpha value is -3.15. The monoisotopic (exact) mass is 435 g/mol. The highest BCUT2D eigenvalue weighted by Crippen LogP contribution is 2.32. The Morgan fingerprint density at radius 3 is 2.17 bits per heavy atom. The van der Waals surface area contributed by atoms with Gasteiger partial charge in [-0.1, -0.05) is 66.2 Å². The average molecular weight is 436 g/mol. The highest BCUT2D eigenvalue weighted by Gasteiger charge is 2.20. The van der Waals surface area contributed by atoms with Crippen molar-refractivity contribution in [2.45, 2.75) is 13.1 Å². The molecule has 0 aliphatic rings. The van der Waals surface area contributed by atoms with Crippen LogP contribution in [0, 0.1) is 0 Å². The maximum absolute atomic E-state index is 13.4. The number of rotatable bonds is 6. The topological polar surface area (TPSA) is 57.6 Å². The molecule has 6 heteroatoms. The number of amides is 1. The maximum atomic E-state index is 13.4. The molecule has 0 radical (unpaired) electrons. The van der Waals surface area contributed by atoms with E-state index in [2.05, 4.69) is 0 Å². The second kappa shape index (κ2) is 8.69. The van der Waals surface area contributed by atoms with Crippen molar-refractivity contribution < 1.29 is 14.7 Å². The van der Waals surface area contributed by atoms with Crippen LogP contribution in [0.2, 0.25) is 5.02 Å². The molecule has 150 valence electrons. The SMILES string of the molecule is O=C(O)c1ccc(CN(Cc2ccccc2)C(=O)c2cc3cccc(Cl)c3s2)cc1. The molecule has 4 aromatic rings. The summed E-state index contributed by atoms with van der Waals surface area (Å²) in [5.74, 6) is -1.06. The predicted octanol–water partition coefficient (Wildman–Crippen LogP) is 6.10. The summed E-state index contributed by atoms with van der Waals surface area (Å²) >= 11 is 7.68. The molecule has 0 aliphatic heterocycles. The van der Waals surface area contributed by atoms with Gasteiger partial charge in [-0.05, 0) is 40.8 Å². The van der Waals surface area contributed by atoms with Gasteiger partial charge < -0.3 is 10.0 Å². The number of halogens is 1. The Kier molecular flexibility index (Phi) is 5.84. The summed E-state index contributed by atoms with van der Waals surface area (Å²) in [5, 5.41) is 10.7. The van der Waals surface area contributed by atoms with Crippen LogP contribution in [-0.2, 0) is 13.1 Å². The van der Waals surface area contributed by atoms with Gasteiger partial charge in [-0.3, -0.25) is 4.79 Å². The van der Waals surface area contributed by atoms with Crippen LogP contribution in [0.25, 0.3) is 10.1 Å². The number of hydrogen-bond acceptors (Lipinski definition) is 3. The average Bonchev–Trinajstić information content (AvgIpc) is 3.20. The number of thiophene rings is 1. The van der Waals surface area contributed by atoms with E-state index in [0.717, 1.165) is 21.2 Å². The number of carbonyl (C=O) groups is 2. The summed E-state index contributed by atoms with van der Waals surface area (Å²) in [7, 11) is 0. The number of carbonyl (C=O) groups excluding carboxylic acids is 1. The van der Waals surface area contributed by atoms with Gasteiger partial charge >= 0.3 is 5.97 Å². The number of carboxylic acid groups (broad SMARTS) is 1. The van der Waals surface area contributed by atoms with Gasteiger partial charge in [0.2, 0.25) is 0 Å². The van der Waals surface area contributed by atoms with Crippen molar-refractivity contribution in [2.24, 2.45) is 0 Å². The van der Waals surface area contributed by atoms with Crippen LogP contribution in [0.3, 0.4) is 0 Å². The molecule has 4 nitrogen and oxygen atoms in total. The molecule has 1 heterocycles. The lowest BCUT2D eigenvalue weighted by atomic mass is 10.1. The van der Waals surface area contributed by atoms with Crippen LogP contribution < -0.4 is 0 Å². The second-order valence-electron chi connectivity index (χ2n) is 6.92. The summed E-state index contributed by atoms with van der Waals surface area (Å²) in [6.07, 6.45) is 0. The lowest BCUT2D eigenvalue weighted by Gasteiger charge is -2.22. The molecule has 4 rings (SSSR count). The van der Waals surface area contributed by atoms with Crippen molar-refractivity contribution in [3.63, 3.8) is 0 Å². The Balaban J connectivity index is 1.65. The summed E-state index contributed by atoms with van der Waals surface area (Å²) in [5.41, 5.74) is 2.11. The highest BCUT2D eigenvalue weighted by atomic mass is 35.5. The number of benzene rings is 3. The molecular weight excluding hydrogens is 418 g/mol. The molecule has 0 saturated carbocycles. The van der Waals surface area contributed by atoms with E-state index in [0.29, 0.717) is 23.0 Å². The van der Waals surface area contributed by atoms with E-state index in [9.17, 15) is 9.59 Å². The zero-order valence-electron chi connectivity index (χ0n) is 15.9. The van der Waals surface area contributed by atoms with Crippen LogP contribution in [0.15, 0.2) is 78.9 Å². The van der Waals surface area contributed by atoms with Gasteiger partial charge in [0.05, 0.1) is 20.2 Å². The first-order chi connectivity index (χ1) is 14.5. The zero-order valence-corrected chi connectivity index (χ0v) is 17.5. The summed E-state index contributed by atoms with van der Waals surface area (Å²) in [6.45, 7) is 0.817. The molecule has 1 N–H and O–H groups in total. The van der Waals surface area contributed by atoms with E-state index in [4.69, 9.17) is 16.7 Å². The van der Waals surface area contributed by atoms with E-state index in [1.807, 2.05) is 54.6 Å². The Morgan fingerprint density at radius 1 is 0.867 bits per heavy atom. The van der Waals surface area contributed by atoms with Crippen molar-refractivity contribution in [3.8, 4) is 0 Å². The molecule has 30 heavy (non-hydrogen) atoms. The summed E-state index contributed by atoms with van der Waals surface area (Å²) < 4.78 is 0.896. The number of carboxylic acids is 1. The second-order valence-corrected chi connectivity index (χ2v) is 8.38. The molecule has 3 aromatic carbocycles. The smallest absolute Gasteiger partial charge is 0.335 e. The first-order valence-corrected chi connectivity index (χ1v) is 10.5. The number of nitrogens with zero attached hydrogens (tertiary/aromatic N) is 1. The van der Waals surface area contributed by atoms with Gasteiger partial charge in [0.15, 0.2) is 0 Å². The summed E-state index contributed by atoms with van der Waals surface area (Å²) in [6, 6.07) is 23.9. The third-order valence-electron chi connectivity index (χ3n) is 4.78. The van der Waals surface area contributed by atoms with Gasteiger partial charge in [-0.25, -0.2) is 4.79 Å². The van der Waals surface area contributed by atoms with E-state index in [1.165, 1.54) is 11.3 Å². The third kappa shape index (κ3) is 4.37. The number of hydrogen-bond donors (Lipinski definition) is 1. The standard InChI is InChI=1S/C24H18ClNO3S/c25-20-8-4-7-19-13-21(30-22(19)20)23(27)26(14-16-5-2-1-3-6-16)15-17-9-11-18(12-10-17)24(28)29/h1-13H,14-15H2,(H,28,29). The molecule has 0 fully saturated rings. The van der Waals surface area contributed by atoms with Crippen molar-refractivity contribution in [1.82, 2.24) is 4.90 Å². The summed E-state index contributed by atoms with van der Waals surface area (Å²) in [4.78, 5) is 26.9. The van der Waals surface area contributed by atoms with E-state index in [-0.39, 0.29) is 11.5 Å². The molecular formula is C24H18ClNO3S. The molecule has 1 aromatic heterocycles. The number of aromatic carboxylic acids is 1. The van der Waals surface area contributed by atoms with Gasteiger partial charge in [-0.2, -0.15) is 0 Å². The van der Waals surface area contributed by atoms with Crippen LogP contribution in [-0.4, -0.2) is 21.9 Å². The van der Waals surface area contributed by atoms with Crippen LogP contribution in [0.4, 0.5) is 0 Å².